The molecule has 0 radical (unpaired) electrons. The predicted molar refractivity (Wildman–Crippen MR) is 610 cm³/mol. The van der Waals surface area contributed by atoms with Crippen LogP contribution in [0.3, 0.4) is 0 Å². The molecule has 0 amide bonds. The van der Waals surface area contributed by atoms with Gasteiger partial charge in [-0.3, -0.25) is 13.7 Å². The Kier molecular flexibility index (Phi) is 21.5. The van der Waals surface area contributed by atoms with Gasteiger partial charge in [0.05, 0.1) is 33.1 Å². The van der Waals surface area contributed by atoms with Crippen molar-refractivity contribution in [2.45, 2.75) is 0 Å². The van der Waals surface area contributed by atoms with Crippen LogP contribution in [0.4, 0.5) is 0 Å². The van der Waals surface area contributed by atoms with E-state index in [-0.39, 0.29) is 0 Å². The highest BCUT2D eigenvalue weighted by molar-refractivity contribution is 6.19. The topological polar surface area (TPSA) is 170 Å². The Morgan fingerprint density at radius 1 is 0.127 bits per heavy atom. The van der Waals surface area contributed by atoms with Gasteiger partial charge in [0.2, 0.25) is 17.8 Å². The lowest BCUT2D eigenvalue weighted by atomic mass is 9.99. The molecule has 0 spiro atoms. The summed E-state index contributed by atoms with van der Waals surface area (Å²) >= 11 is 0. The van der Waals surface area contributed by atoms with Crippen LogP contribution in [-0.2, 0) is 0 Å². The van der Waals surface area contributed by atoms with E-state index in [4.69, 9.17) is 58.1 Å². The summed E-state index contributed by atoms with van der Waals surface area (Å²) in [5.41, 5.74) is 30.2. The van der Waals surface area contributed by atoms with Crippen LogP contribution < -0.4 is 0 Å². The number of nitrogens with zero attached hydrogens (tertiary/aromatic N) is 12. The van der Waals surface area contributed by atoms with Crippen LogP contribution in [0.1, 0.15) is 0 Å². The summed E-state index contributed by atoms with van der Waals surface area (Å²) in [7, 11) is 0. The van der Waals surface area contributed by atoms with E-state index in [0.717, 1.165) is 220 Å². The average molecular weight is 1920 g/mol. The summed E-state index contributed by atoms with van der Waals surface area (Å²) in [5, 5.41) is 13.3. The van der Waals surface area contributed by atoms with E-state index in [1.54, 1.807) is 0 Å². The number of fused-ring (bicyclic) bond motifs is 18. The van der Waals surface area contributed by atoms with E-state index in [1.807, 2.05) is 127 Å². The molecule has 0 saturated carbocycles. The molecule has 21 aromatic carbocycles. The van der Waals surface area contributed by atoms with Crippen molar-refractivity contribution < 1.29 is 13.3 Å². The first-order chi connectivity index (χ1) is 74.4. The fourth-order valence-electron chi connectivity index (χ4n) is 21.5. The van der Waals surface area contributed by atoms with E-state index >= 15 is 0 Å². The largest absolute Gasteiger partial charge is 0.456 e. The van der Waals surface area contributed by atoms with Crippen molar-refractivity contribution in [3.63, 3.8) is 0 Å². The van der Waals surface area contributed by atoms with Crippen LogP contribution in [0.5, 0.6) is 0 Å². The standard InChI is InChI=1S/3C45H28N4O/c1-4-14-29(15-5-1)33-21-12-24-38-41(33)35-20-10-11-23-37(35)49(38)45-47-43(31-18-8-3-9-19-31)46-44(48-45)32-26-27-36-40(28-32)50-39-25-13-22-34(42(36)39)30-16-6-2-7-17-30;1-4-13-29(14-5-1)32-24-26-39-37(27-32)35-19-10-11-21-38(35)49(39)45-47-43(31-17-8-3-9-18-31)46-44(48-45)33-23-25-36-41(28-33)50-40-22-12-20-34(42(36)40)30-15-6-2-7-16-30;1-3-13-29(14-4-1)31-17-11-18-32(27-31)43-46-44(48-45(47-43)49-38-22-9-7-19-35(38)36-20-8-10-23-39(36)49)33-25-26-37-41(28-33)50-40-24-12-21-34(42(37)40)30-15-5-2-6-16-30/h3*1-28H. The van der Waals surface area contributed by atoms with Gasteiger partial charge in [-0.25, -0.2) is 15.0 Å². The maximum absolute atomic E-state index is 6.50. The van der Waals surface area contributed by atoms with Crippen molar-refractivity contribution in [1.29, 1.82) is 0 Å². The molecule has 0 fully saturated rings. The number of hydrogen-bond acceptors (Lipinski definition) is 12. The van der Waals surface area contributed by atoms with E-state index in [9.17, 15) is 0 Å². The summed E-state index contributed by atoms with van der Waals surface area (Å²) < 4.78 is 25.9. The number of para-hydroxylation sites is 4. The molecule has 0 aliphatic heterocycles. The molecule has 15 heteroatoms. The molecule has 30 aromatic rings. The van der Waals surface area contributed by atoms with Crippen LogP contribution >= 0.6 is 0 Å². The molecule has 0 bridgehead atoms. The smallest absolute Gasteiger partial charge is 0.238 e. The lowest BCUT2D eigenvalue weighted by Crippen LogP contribution is -2.06. The molecule has 30 rings (SSSR count). The molecule has 0 atom stereocenters. The molecule has 0 N–H and O–H groups in total. The van der Waals surface area contributed by atoms with Gasteiger partial charge < -0.3 is 13.3 Å². The third-order valence-electron chi connectivity index (χ3n) is 28.4. The minimum absolute atomic E-state index is 0.557. The van der Waals surface area contributed by atoms with Crippen molar-refractivity contribution in [3.8, 4) is 153 Å². The van der Waals surface area contributed by atoms with Gasteiger partial charge in [0.15, 0.2) is 34.9 Å². The Hall–Kier alpha value is -20.5. The van der Waals surface area contributed by atoms with E-state index in [2.05, 4.69) is 396 Å². The normalized spacial score (nSPS) is 11.6. The van der Waals surface area contributed by atoms with Gasteiger partial charge in [-0.05, 0) is 170 Å². The van der Waals surface area contributed by atoms with Crippen molar-refractivity contribution in [2.24, 2.45) is 0 Å². The second-order valence-corrected chi connectivity index (χ2v) is 37.3. The SMILES string of the molecule is c1ccc(-c2ccc3c(c2)c2ccccc2n3-c2nc(-c3ccccc3)nc(-c3ccc4c(c3)oc3cccc(-c5ccccc5)c34)n2)cc1.c1ccc(-c2cccc(-c3nc(-c4ccc5c(c4)oc4cccc(-c6ccccc6)c45)nc(-n4c5ccccc5c5ccccc54)n3)c2)cc1.c1ccc(-c2nc(-c3ccc4c(c3)oc3cccc(-c5ccccc5)c34)nc(-n3c4ccccc4c4c(-c5ccccc5)cccc43)n2)cc1. The first kappa shape index (κ1) is 87.3. The number of hydrogen-bond donors (Lipinski definition) is 0. The lowest BCUT2D eigenvalue weighted by molar-refractivity contribution is 0.668. The first-order valence-corrected chi connectivity index (χ1v) is 50.1. The predicted octanol–water partition coefficient (Wildman–Crippen LogP) is 34.6. The van der Waals surface area contributed by atoms with Gasteiger partial charge in [-0.1, -0.05) is 406 Å². The van der Waals surface area contributed by atoms with Crippen molar-refractivity contribution in [1.82, 2.24) is 58.6 Å². The molecular formula is C135H84N12O3. The molecule has 0 saturated heterocycles. The summed E-state index contributed by atoms with van der Waals surface area (Å²) in [6, 6.07) is 176. The zero-order valence-corrected chi connectivity index (χ0v) is 80.6. The fraction of sp³-hybridized carbons (Fsp3) is 0. The Bertz CT molecular complexity index is 10400. The molecule has 702 valence electrons. The highest BCUT2D eigenvalue weighted by Gasteiger charge is 2.27. The van der Waals surface area contributed by atoms with Gasteiger partial charge in [0, 0.05) is 98.0 Å². The molecule has 15 nitrogen and oxygen atoms in total. The van der Waals surface area contributed by atoms with Crippen LogP contribution in [0.25, 0.3) is 284 Å². The number of benzene rings is 21. The highest BCUT2D eigenvalue weighted by atomic mass is 16.3. The third kappa shape index (κ3) is 15.6. The summed E-state index contributed by atoms with van der Waals surface area (Å²) in [6.45, 7) is 0. The van der Waals surface area contributed by atoms with Crippen LogP contribution in [0.2, 0.25) is 0 Å². The molecule has 0 unspecified atom stereocenters. The van der Waals surface area contributed by atoms with Gasteiger partial charge >= 0.3 is 0 Å². The molecule has 0 aliphatic rings. The summed E-state index contributed by atoms with van der Waals surface area (Å²) in [5.74, 6) is 5.20. The maximum atomic E-state index is 6.50. The third-order valence-corrected chi connectivity index (χ3v) is 28.4. The Morgan fingerprint density at radius 2 is 0.367 bits per heavy atom. The minimum Gasteiger partial charge on any atom is -0.456 e. The van der Waals surface area contributed by atoms with Crippen LogP contribution in [0.15, 0.2) is 523 Å². The molecule has 9 heterocycles. The van der Waals surface area contributed by atoms with E-state index < -0.39 is 0 Å². The second kappa shape index (κ2) is 37.0. The number of furan rings is 3. The highest BCUT2D eigenvalue weighted by Crippen LogP contribution is 2.47. The zero-order valence-electron chi connectivity index (χ0n) is 80.6. The molecule has 9 aromatic heterocycles. The summed E-state index contributed by atoms with van der Waals surface area (Å²) in [6.07, 6.45) is 0. The van der Waals surface area contributed by atoms with Crippen molar-refractivity contribution in [2.75, 3.05) is 0 Å². The first-order valence-electron chi connectivity index (χ1n) is 50.1. The lowest BCUT2D eigenvalue weighted by Gasteiger charge is -2.11. The second-order valence-electron chi connectivity index (χ2n) is 37.3. The Morgan fingerprint density at radius 3 is 0.733 bits per heavy atom. The van der Waals surface area contributed by atoms with Gasteiger partial charge in [0.25, 0.3) is 0 Å². The van der Waals surface area contributed by atoms with E-state index in [1.165, 1.54) is 11.1 Å². The fourth-order valence-corrected chi connectivity index (χ4v) is 21.5. The Labute approximate surface area is 859 Å². The summed E-state index contributed by atoms with van der Waals surface area (Å²) in [4.78, 5) is 46.2. The Balaban J connectivity index is 0.000000108. The quantitative estimate of drug-likeness (QED) is 0.0953. The van der Waals surface area contributed by atoms with Gasteiger partial charge in [-0.15, -0.1) is 0 Å². The maximum Gasteiger partial charge on any atom is 0.238 e. The van der Waals surface area contributed by atoms with Crippen molar-refractivity contribution in [3.05, 3.63) is 510 Å². The van der Waals surface area contributed by atoms with Crippen molar-refractivity contribution >= 4 is 131 Å². The molecular weight excluding hydrogens is 1840 g/mol. The van der Waals surface area contributed by atoms with Crippen LogP contribution in [-0.4, -0.2) is 58.6 Å². The average Bonchev–Trinajstić information content (AvgIpc) is 1.57. The van der Waals surface area contributed by atoms with E-state index in [0.29, 0.717) is 52.8 Å². The van der Waals surface area contributed by atoms with Crippen LogP contribution in [0, 0.1) is 0 Å². The number of rotatable bonds is 15. The molecule has 0 aliphatic carbocycles. The molecule has 150 heavy (non-hydrogen) atoms. The monoisotopic (exact) mass is 1920 g/mol. The minimum atomic E-state index is 0.557. The van der Waals surface area contributed by atoms with Gasteiger partial charge in [0.1, 0.15) is 33.5 Å². The van der Waals surface area contributed by atoms with Gasteiger partial charge in [-0.2, -0.15) is 29.9 Å². The zero-order chi connectivity index (χ0) is 99.1. The number of aromatic nitrogens is 12.